The molecule has 4 heteroatoms. The number of hydrogen-bond donors (Lipinski definition) is 2. The summed E-state index contributed by atoms with van der Waals surface area (Å²) in [6.45, 7) is 10.3. The van der Waals surface area contributed by atoms with Gasteiger partial charge in [-0.2, -0.15) is 0 Å². The molecule has 4 aliphatic carbocycles. The second-order valence-corrected chi connectivity index (χ2v) is 10.2. The van der Waals surface area contributed by atoms with E-state index in [-0.39, 0.29) is 28.8 Å². The number of aliphatic hydroxyl groups is 1. The Labute approximate surface area is 156 Å². The van der Waals surface area contributed by atoms with Gasteiger partial charge in [0.1, 0.15) is 6.26 Å². The van der Waals surface area contributed by atoms with Gasteiger partial charge in [-0.25, -0.2) is 0 Å². The Balaban J connectivity index is 1.58. The Morgan fingerprint density at radius 3 is 2.92 bits per heavy atom. The maximum absolute atomic E-state index is 10.3. The van der Waals surface area contributed by atoms with E-state index in [4.69, 9.17) is 10.3 Å². The number of rotatable bonds is 3. The monoisotopic (exact) mass is 356 g/mol. The molecule has 26 heavy (non-hydrogen) atoms. The van der Waals surface area contributed by atoms with Crippen LogP contribution in [0.5, 0.6) is 0 Å². The lowest BCUT2D eigenvalue weighted by atomic mass is 9.49. The molecule has 3 N–H and O–H groups in total. The quantitative estimate of drug-likeness (QED) is 0.813. The average Bonchev–Trinajstić information content (AvgIpc) is 3.01. The molecule has 0 amide bonds. The molecule has 0 aliphatic heterocycles. The van der Waals surface area contributed by atoms with E-state index in [1.165, 1.54) is 43.2 Å². The molecule has 1 unspecified atom stereocenters. The van der Waals surface area contributed by atoms with E-state index < -0.39 is 0 Å². The third kappa shape index (κ3) is 1.67. The van der Waals surface area contributed by atoms with Gasteiger partial charge in [0.15, 0.2) is 0 Å². The standard InChI is InChI=1S/C22H32N2O2/c1-14-4-7-22-12-21(22,13-23)18(5-6-20(14,22)3)19(2)9-15-11-26-24-17(15)8-16(19)10-25/h11,16,18,25H,1,4-10,12-13,23H2,2-3H3/t16-,18-,19+,20-,21?,22+/m1/s1. The van der Waals surface area contributed by atoms with Crippen LogP contribution in [0, 0.1) is 33.5 Å². The fourth-order valence-electron chi connectivity index (χ4n) is 8.08. The second-order valence-electron chi connectivity index (χ2n) is 10.2. The van der Waals surface area contributed by atoms with Crippen LogP contribution >= 0.6 is 0 Å². The number of hydrogen-bond acceptors (Lipinski definition) is 4. The summed E-state index contributed by atoms with van der Waals surface area (Å²) in [4.78, 5) is 0. The van der Waals surface area contributed by atoms with Crippen molar-refractivity contribution in [3.63, 3.8) is 0 Å². The normalized spacial score (nSPS) is 49.5. The molecule has 4 nitrogen and oxygen atoms in total. The lowest BCUT2D eigenvalue weighted by molar-refractivity contribution is -0.0547. The van der Waals surface area contributed by atoms with Crippen molar-refractivity contribution in [2.45, 2.75) is 58.8 Å². The average molecular weight is 357 g/mol. The van der Waals surface area contributed by atoms with E-state index in [1.54, 1.807) is 0 Å². The topological polar surface area (TPSA) is 72.3 Å². The first-order valence-electron chi connectivity index (χ1n) is 10.3. The Morgan fingerprint density at radius 1 is 1.38 bits per heavy atom. The molecule has 1 heterocycles. The molecule has 142 valence electrons. The van der Waals surface area contributed by atoms with Crippen molar-refractivity contribution in [1.82, 2.24) is 5.16 Å². The van der Waals surface area contributed by atoms with Crippen LogP contribution in [0.1, 0.15) is 57.2 Å². The molecular formula is C22H32N2O2. The van der Waals surface area contributed by atoms with Crippen LogP contribution in [0.25, 0.3) is 0 Å². The maximum Gasteiger partial charge on any atom is 0.127 e. The molecule has 3 fully saturated rings. The smallest absolute Gasteiger partial charge is 0.127 e. The fraction of sp³-hybridized carbons (Fsp3) is 0.773. The Bertz CT molecular complexity index is 772. The first-order valence-corrected chi connectivity index (χ1v) is 10.3. The SMILES string of the molecule is C=C1CC[C@@]23CC2(CN)[C@@H]([C@@]2(C)Cc4conc4C[C@@H]2CO)CC[C@]13C. The first-order chi connectivity index (χ1) is 12.4. The van der Waals surface area contributed by atoms with Gasteiger partial charge >= 0.3 is 0 Å². The molecule has 5 rings (SSSR count). The number of nitrogens with two attached hydrogens (primary N) is 1. The van der Waals surface area contributed by atoms with Gasteiger partial charge in [0.25, 0.3) is 0 Å². The number of nitrogens with zero attached hydrogens (tertiary/aromatic N) is 1. The van der Waals surface area contributed by atoms with Crippen LogP contribution < -0.4 is 5.73 Å². The zero-order valence-corrected chi connectivity index (χ0v) is 16.2. The van der Waals surface area contributed by atoms with Crippen molar-refractivity contribution in [2.75, 3.05) is 13.2 Å². The van der Waals surface area contributed by atoms with Crippen LogP contribution in [-0.4, -0.2) is 23.4 Å². The van der Waals surface area contributed by atoms with Crippen molar-refractivity contribution in [2.24, 2.45) is 39.2 Å². The molecule has 4 aliphatic rings. The second kappa shape index (κ2) is 5.02. The number of aromatic nitrogens is 1. The van der Waals surface area contributed by atoms with Gasteiger partial charge in [0.2, 0.25) is 0 Å². The highest BCUT2D eigenvalue weighted by molar-refractivity contribution is 5.38. The molecule has 3 saturated carbocycles. The minimum atomic E-state index is 0.0570. The molecule has 1 aromatic heterocycles. The molecule has 0 bridgehead atoms. The summed E-state index contributed by atoms with van der Waals surface area (Å²) in [6.07, 6.45) is 9.70. The van der Waals surface area contributed by atoms with E-state index in [0.717, 1.165) is 25.1 Å². The van der Waals surface area contributed by atoms with E-state index >= 15 is 0 Å². The summed E-state index contributed by atoms with van der Waals surface area (Å²) in [5.41, 5.74) is 11.2. The van der Waals surface area contributed by atoms with Gasteiger partial charge in [-0.3, -0.25) is 0 Å². The Hall–Kier alpha value is -1.13. The van der Waals surface area contributed by atoms with Gasteiger partial charge in [0.05, 0.1) is 5.69 Å². The number of aliphatic hydroxyl groups excluding tert-OH is 1. The van der Waals surface area contributed by atoms with E-state index in [2.05, 4.69) is 25.6 Å². The molecule has 6 atom stereocenters. The van der Waals surface area contributed by atoms with Gasteiger partial charge in [-0.15, -0.1) is 0 Å². The predicted molar refractivity (Wildman–Crippen MR) is 100 cm³/mol. The lowest BCUT2D eigenvalue weighted by Crippen LogP contribution is -2.53. The zero-order valence-electron chi connectivity index (χ0n) is 16.2. The van der Waals surface area contributed by atoms with Crippen molar-refractivity contribution < 1.29 is 9.63 Å². The Kier molecular flexibility index (Phi) is 3.28. The van der Waals surface area contributed by atoms with Crippen LogP contribution in [0.4, 0.5) is 0 Å². The summed E-state index contributed by atoms with van der Waals surface area (Å²) >= 11 is 0. The van der Waals surface area contributed by atoms with Gasteiger partial charge in [0, 0.05) is 12.2 Å². The van der Waals surface area contributed by atoms with Crippen molar-refractivity contribution in [1.29, 1.82) is 0 Å². The molecule has 0 saturated heterocycles. The van der Waals surface area contributed by atoms with Crippen LogP contribution in [0.2, 0.25) is 0 Å². The minimum absolute atomic E-state index is 0.0570. The summed E-state index contributed by atoms with van der Waals surface area (Å²) in [5.74, 6) is 0.791. The highest BCUT2D eigenvalue weighted by atomic mass is 16.5. The Morgan fingerprint density at radius 2 is 2.19 bits per heavy atom. The van der Waals surface area contributed by atoms with Gasteiger partial charge < -0.3 is 15.4 Å². The minimum Gasteiger partial charge on any atom is -0.396 e. The largest absolute Gasteiger partial charge is 0.396 e. The highest BCUT2D eigenvalue weighted by Crippen LogP contribution is 2.86. The predicted octanol–water partition coefficient (Wildman–Crippen LogP) is 3.49. The summed E-state index contributed by atoms with van der Waals surface area (Å²) < 4.78 is 5.26. The maximum atomic E-state index is 10.3. The molecular weight excluding hydrogens is 324 g/mol. The van der Waals surface area contributed by atoms with Crippen LogP contribution in [-0.2, 0) is 12.8 Å². The number of fused-ring (bicyclic) bond motifs is 1. The van der Waals surface area contributed by atoms with E-state index in [0.29, 0.717) is 11.3 Å². The summed E-state index contributed by atoms with van der Waals surface area (Å²) in [7, 11) is 0. The van der Waals surface area contributed by atoms with Gasteiger partial charge in [-0.1, -0.05) is 31.2 Å². The van der Waals surface area contributed by atoms with E-state index in [1.807, 2.05) is 6.26 Å². The molecule has 0 aromatic carbocycles. The van der Waals surface area contributed by atoms with Crippen LogP contribution in [0.15, 0.2) is 22.9 Å². The summed E-state index contributed by atoms with van der Waals surface area (Å²) in [5, 5.41) is 14.4. The van der Waals surface area contributed by atoms with Crippen molar-refractivity contribution in [3.05, 3.63) is 29.7 Å². The zero-order chi connectivity index (χ0) is 18.4. The van der Waals surface area contributed by atoms with Crippen molar-refractivity contribution >= 4 is 0 Å². The molecule has 1 aromatic rings. The lowest BCUT2D eigenvalue weighted by Gasteiger charge is -2.55. The van der Waals surface area contributed by atoms with E-state index in [9.17, 15) is 5.11 Å². The van der Waals surface area contributed by atoms with Crippen molar-refractivity contribution in [3.8, 4) is 0 Å². The number of allylic oxidation sites excluding steroid dienone is 1. The molecule has 0 radical (unpaired) electrons. The third-order valence-corrected chi connectivity index (χ3v) is 9.79. The van der Waals surface area contributed by atoms with Gasteiger partial charge in [-0.05, 0) is 85.0 Å². The summed E-state index contributed by atoms with van der Waals surface area (Å²) in [6, 6.07) is 0. The third-order valence-electron chi connectivity index (χ3n) is 9.79. The first kappa shape index (κ1) is 17.0. The molecule has 1 spiro atoms. The highest BCUT2D eigenvalue weighted by Gasteiger charge is 2.81. The fourth-order valence-corrected chi connectivity index (χ4v) is 8.08. The van der Waals surface area contributed by atoms with Crippen LogP contribution in [0.3, 0.4) is 0 Å².